The Morgan fingerprint density at radius 3 is 2.39 bits per heavy atom. The van der Waals surface area contributed by atoms with Crippen molar-refractivity contribution in [2.75, 3.05) is 18.1 Å². The van der Waals surface area contributed by atoms with Gasteiger partial charge in [-0.1, -0.05) is 24.6 Å². The van der Waals surface area contributed by atoms with Crippen LogP contribution in [0.4, 0.5) is 0 Å². The lowest BCUT2D eigenvalue weighted by atomic mass is 10.2. The molecule has 0 aliphatic heterocycles. The van der Waals surface area contributed by atoms with Crippen molar-refractivity contribution in [3.8, 4) is 5.75 Å². The minimum absolute atomic E-state index is 0.0657. The minimum Gasteiger partial charge on any atom is -0.484 e. The zero-order valence-electron chi connectivity index (χ0n) is 13.1. The Kier molecular flexibility index (Phi) is 7.02. The molecule has 7 nitrogen and oxygen atoms in total. The molecular weight excluding hydrogens is 322 g/mol. The van der Waals surface area contributed by atoms with Crippen molar-refractivity contribution in [1.82, 2.24) is 5.32 Å². The highest BCUT2D eigenvalue weighted by Crippen LogP contribution is 2.11. The fourth-order valence-electron chi connectivity index (χ4n) is 1.72. The summed E-state index contributed by atoms with van der Waals surface area (Å²) in [6, 6.07) is 5.78. The first kappa shape index (κ1) is 19.0. The van der Waals surface area contributed by atoms with Crippen LogP contribution in [-0.4, -0.2) is 49.6 Å². The van der Waals surface area contributed by atoms with Crippen molar-refractivity contribution in [1.29, 1.82) is 0 Å². The Hall–Kier alpha value is -2.09. The van der Waals surface area contributed by atoms with Gasteiger partial charge in [-0.25, -0.2) is 13.2 Å². The number of sulfone groups is 1. The molecule has 8 heteroatoms. The van der Waals surface area contributed by atoms with Gasteiger partial charge in [0.1, 0.15) is 21.6 Å². The van der Waals surface area contributed by atoms with E-state index in [1.807, 2.05) is 19.1 Å². The van der Waals surface area contributed by atoms with Gasteiger partial charge in [0.15, 0.2) is 6.61 Å². The van der Waals surface area contributed by atoms with Gasteiger partial charge in [0.05, 0.1) is 5.75 Å². The van der Waals surface area contributed by atoms with Crippen LogP contribution < -0.4 is 10.1 Å². The van der Waals surface area contributed by atoms with Gasteiger partial charge in [-0.05, 0) is 25.5 Å². The Balaban J connectivity index is 2.50. The van der Waals surface area contributed by atoms with E-state index in [0.29, 0.717) is 5.75 Å². The van der Waals surface area contributed by atoms with Gasteiger partial charge in [-0.2, -0.15) is 0 Å². The first-order valence-corrected chi connectivity index (χ1v) is 8.97. The molecule has 0 spiro atoms. The smallest absolute Gasteiger partial charge is 0.326 e. The topological polar surface area (TPSA) is 110 Å². The van der Waals surface area contributed by atoms with Gasteiger partial charge < -0.3 is 15.2 Å². The number of aliphatic carboxylic acids is 1. The van der Waals surface area contributed by atoms with Crippen molar-refractivity contribution in [3.05, 3.63) is 29.8 Å². The third-order valence-corrected chi connectivity index (χ3v) is 4.92. The van der Waals surface area contributed by atoms with Crippen molar-refractivity contribution in [3.63, 3.8) is 0 Å². The zero-order chi connectivity index (χ0) is 17.5. The van der Waals surface area contributed by atoms with Crippen LogP contribution in [0.15, 0.2) is 24.3 Å². The van der Waals surface area contributed by atoms with Crippen LogP contribution in [0.3, 0.4) is 0 Å². The molecule has 1 rings (SSSR count). The lowest BCUT2D eigenvalue weighted by Gasteiger charge is -2.14. The standard InChI is InChI=1S/C15H21NO6S/c1-3-23(20,21)9-8-13(15(18)19)16-14(17)10-22-12-6-4-11(2)5-7-12/h4-7,13H,3,8-10H2,1-2H3,(H,16,17)(H,18,19). The fraction of sp³-hybridized carbons (Fsp3) is 0.467. The van der Waals surface area contributed by atoms with E-state index in [2.05, 4.69) is 5.32 Å². The van der Waals surface area contributed by atoms with E-state index in [1.165, 1.54) is 6.92 Å². The maximum atomic E-state index is 11.7. The molecule has 1 amide bonds. The number of aryl methyl sites for hydroxylation is 1. The summed E-state index contributed by atoms with van der Waals surface area (Å²) in [5.74, 6) is -1.76. The SMILES string of the molecule is CCS(=O)(=O)CCC(NC(=O)COc1ccc(C)cc1)C(=O)O. The molecule has 128 valence electrons. The van der Waals surface area contributed by atoms with Crippen LogP contribution in [-0.2, 0) is 19.4 Å². The molecule has 0 aromatic heterocycles. The highest BCUT2D eigenvalue weighted by atomic mass is 32.2. The summed E-state index contributed by atoms with van der Waals surface area (Å²) in [7, 11) is -3.29. The van der Waals surface area contributed by atoms with E-state index in [0.717, 1.165) is 5.56 Å². The number of hydrogen-bond acceptors (Lipinski definition) is 5. The summed E-state index contributed by atoms with van der Waals surface area (Å²) in [6.45, 7) is 3.06. The number of nitrogens with one attached hydrogen (secondary N) is 1. The number of carboxylic acids is 1. The Morgan fingerprint density at radius 2 is 1.87 bits per heavy atom. The first-order chi connectivity index (χ1) is 10.7. The Bertz CT molecular complexity index is 638. The molecule has 0 aliphatic carbocycles. The molecule has 0 saturated heterocycles. The number of carbonyl (C=O) groups is 2. The molecule has 1 aromatic carbocycles. The largest absolute Gasteiger partial charge is 0.484 e. The van der Waals surface area contributed by atoms with Gasteiger partial charge in [0.25, 0.3) is 5.91 Å². The Morgan fingerprint density at radius 1 is 1.26 bits per heavy atom. The maximum absolute atomic E-state index is 11.7. The van der Waals surface area contributed by atoms with Gasteiger partial charge in [0.2, 0.25) is 0 Å². The van der Waals surface area contributed by atoms with Crippen LogP contribution in [0.25, 0.3) is 0 Å². The molecule has 0 aliphatic rings. The van der Waals surface area contributed by atoms with E-state index < -0.39 is 27.8 Å². The normalized spacial score (nSPS) is 12.4. The molecule has 0 heterocycles. The summed E-state index contributed by atoms with van der Waals surface area (Å²) >= 11 is 0. The summed E-state index contributed by atoms with van der Waals surface area (Å²) in [5.41, 5.74) is 1.05. The number of benzene rings is 1. The van der Waals surface area contributed by atoms with Crippen molar-refractivity contribution >= 4 is 21.7 Å². The monoisotopic (exact) mass is 343 g/mol. The van der Waals surface area contributed by atoms with E-state index in [-0.39, 0.29) is 24.5 Å². The maximum Gasteiger partial charge on any atom is 0.326 e. The van der Waals surface area contributed by atoms with Gasteiger partial charge in [-0.15, -0.1) is 0 Å². The van der Waals surface area contributed by atoms with Crippen molar-refractivity contribution in [2.24, 2.45) is 0 Å². The number of rotatable bonds is 9. The van der Waals surface area contributed by atoms with E-state index >= 15 is 0 Å². The van der Waals surface area contributed by atoms with Gasteiger partial charge in [0, 0.05) is 5.75 Å². The highest BCUT2D eigenvalue weighted by molar-refractivity contribution is 7.91. The van der Waals surface area contributed by atoms with Crippen LogP contribution in [0.2, 0.25) is 0 Å². The molecule has 0 saturated carbocycles. The summed E-state index contributed by atoms with van der Waals surface area (Å²) in [4.78, 5) is 22.8. The second kappa shape index (κ2) is 8.52. The van der Waals surface area contributed by atoms with Gasteiger partial charge in [-0.3, -0.25) is 4.79 Å². The average Bonchev–Trinajstić information content (AvgIpc) is 2.50. The lowest BCUT2D eigenvalue weighted by Crippen LogP contribution is -2.44. The predicted octanol–water partition coefficient (Wildman–Crippen LogP) is 0.768. The summed E-state index contributed by atoms with van der Waals surface area (Å²) in [6.07, 6.45) is -0.179. The summed E-state index contributed by atoms with van der Waals surface area (Å²) in [5, 5.41) is 11.3. The molecule has 1 atom stereocenters. The lowest BCUT2D eigenvalue weighted by molar-refractivity contribution is -0.142. The molecule has 1 unspecified atom stereocenters. The third-order valence-electron chi connectivity index (χ3n) is 3.18. The van der Waals surface area contributed by atoms with E-state index in [1.54, 1.807) is 12.1 Å². The Labute approximate surface area is 135 Å². The van der Waals surface area contributed by atoms with Crippen molar-refractivity contribution < 1.29 is 27.9 Å². The second-order valence-corrected chi connectivity index (χ2v) is 7.56. The molecule has 0 fully saturated rings. The highest BCUT2D eigenvalue weighted by Gasteiger charge is 2.22. The molecule has 0 radical (unpaired) electrons. The molecule has 0 bridgehead atoms. The number of carboxylic acid groups (broad SMARTS) is 1. The number of carbonyl (C=O) groups excluding carboxylic acids is 1. The quantitative estimate of drug-likeness (QED) is 0.685. The number of hydrogen-bond donors (Lipinski definition) is 2. The molecule has 23 heavy (non-hydrogen) atoms. The van der Waals surface area contributed by atoms with Crippen LogP contribution in [0.1, 0.15) is 18.9 Å². The van der Waals surface area contributed by atoms with Crippen LogP contribution in [0, 0.1) is 6.92 Å². The molecule has 2 N–H and O–H groups in total. The summed E-state index contributed by atoms with van der Waals surface area (Å²) < 4.78 is 28.1. The van der Waals surface area contributed by atoms with Gasteiger partial charge >= 0.3 is 5.97 Å². The number of amides is 1. The average molecular weight is 343 g/mol. The molecule has 1 aromatic rings. The van der Waals surface area contributed by atoms with Crippen LogP contribution in [0.5, 0.6) is 5.75 Å². The van der Waals surface area contributed by atoms with Crippen LogP contribution >= 0.6 is 0 Å². The zero-order valence-corrected chi connectivity index (χ0v) is 13.9. The second-order valence-electron chi connectivity index (χ2n) is 5.09. The number of ether oxygens (including phenoxy) is 1. The predicted molar refractivity (Wildman–Crippen MR) is 85.2 cm³/mol. The fourth-order valence-corrected chi connectivity index (χ4v) is 2.60. The molecular formula is C15H21NO6S. The first-order valence-electron chi connectivity index (χ1n) is 7.15. The van der Waals surface area contributed by atoms with E-state index in [4.69, 9.17) is 9.84 Å². The van der Waals surface area contributed by atoms with Crippen molar-refractivity contribution in [2.45, 2.75) is 26.3 Å². The third kappa shape index (κ3) is 7.14. The van der Waals surface area contributed by atoms with E-state index in [9.17, 15) is 18.0 Å². The minimum atomic E-state index is -3.29.